The molecular formula is C11H11BrF3N5O. The Morgan fingerprint density at radius 3 is 2.76 bits per heavy atom. The Labute approximate surface area is 126 Å². The number of nitrogens with zero attached hydrogens (tertiary/aromatic N) is 4. The normalized spacial score (nSPS) is 11.8. The molecule has 2 rings (SSSR count). The molecule has 0 fully saturated rings. The van der Waals surface area contributed by atoms with Gasteiger partial charge in [-0.15, -0.1) is 5.10 Å². The molecule has 114 valence electrons. The Morgan fingerprint density at radius 1 is 1.33 bits per heavy atom. The molecule has 0 saturated heterocycles. The smallest absolute Gasteiger partial charge is 0.398 e. The molecule has 0 atom stereocenters. The molecule has 0 aliphatic heterocycles. The molecule has 0 radical (unpaired) electrons. The second-order valence-electron chi connectivity index (χ2n) is 4.13. The van der Waals surface area contributed by atoms with Crippen molar-refractivity contribution >= 4 is 21.6 Å². The molecule has 1 aromatic heterocycles. The van der Waals surface area contributed by atoms with Crippen LogP contribution in [0.1, 0.15) is 0 Å². The Bertz CT molecular complexity index is 616. The number of alkyl halides is 3. The van der Waals surface area contributed by atoms with Crippen LogP contribution in [-0.2, 0) is 11.3 Å². The number of hydrogen-bond donors (Lipinski definition) is 1. The van der Waals surface area contributed by atoms with Crippen LogP contribution >= 0.6 is 15.9 Å². The number of anilines is 1. The van der Waals surface area contributed by atoms with Gasteiger partial charge in [0.15, 0.2) is 5.82 Å². The summed E-state index contributed by atoms with van der Waals surface area (Å²) < 4.78 is 42.5. The topological polar surface area (TPSA) is 78.9 Å². The van der Waals surface area contributed by atoms with Gasteiger partial charge in [-0.25, -0.2) is 4.68 Å². The number of rotatable bonds is 5. The Kier molecular flexibility index (Phi) is 4.78. The number of ether oxygens (including phenoxy) is 1. The first kappa shape index (κ1) is 15.7. The second-order valence-corrected chi connectivity index (χ2v) is 4.98. The Balaban J connectivity index is 2.03. The van der Waals surface area contributed by atoms with E-state index in [1.165, 1.54) is 4.68 Å². The van der Waals surface area contributed by atoms with E-state index in [2.05, 4.69) is 36.2 Å². The minimum Gasteiger partial charge on any atom is -0.398 e. The van der Waals surface area contributed by atoms with Gasteiger partial charge < -0.3 is 10.5 Å². The molecular weight excluding hydrogens is 355 g/mol. The molecule has 0 unspecified atom stereocenters. The van der Waals surface area contributed by atoms with E-state index in [1.54, 1.807) is 18.2 Å². The molecule has 10 heteroatoms. The van der Waals surface area contributed by atoms with E-state index < -0.39 is 12.8 Å². The van der Waals surface area contributed by atoms with E-state index >= 15 is 0 Å². The lowest BCUT2D eigenvalue weighted by atomic mass is 10.2. The molecule has 6 nitrogen and oxygen atoms in total. The van der Waals surface area contributed by atoms with Crippen LogP contribution in [0.3, 0.4) is 0 Å². The predicted octanol–water partition coefficient (Wildman–Crippen LogP) is 2.26. The highest BCUT2D eigenvalue weighted by atomic mass is 79.9. The fourth-order valence-corrected chi connectivity index (χ4v) is 1.83. The summed E-state index contributed by atoms with van der Waals surface area (Å²) in [7, 11) is 0. The maximum absolute atomic E-state index is 12.0. The second kappa shape index (κ2) is 6.39. The zero-order valence-electron chi connectivity index (χ0n) is 10.6. The highest BCUT2D eigenvalue weighted by molar-refractivity contribution is 9.10. The van der Waals surface area contributed by atoms with Crippen molar-refractivity contribution < 1.29 is 17.9 Å². The van der Waals surface area contributed by atoms with Crippen molar-refractivity contribution in [1.82, 2.24) is 20.2 Å². The third-order valence-electron chi connectivity index (χ3n) is 2.50. The third kappa shape index (κ3) is 4.39. The first-order valence-electron chi connectivity index (χ1n) is 5.83. The fourth-order valence-electron chi connectivity index (χ4n) is 1.58. The minimum absolute atomic E-state index is 0.106. The molecule has 1 heterocycles. The maximum Gasteiger partial charge on any atom is 0.411 e. The van der Waals surface area contributed by atoms with Crippen molar-refractivity contribution in [2.24, 2.45) is 0 Å². The maximum atomic E-state index is 12.0. The van der Waals surface area contributed by atoms with Gasteiger partial charge in [0.2, 0.25) is 0 Å². The van der Waals surface area contributed by atoms with Crippen LogP contribution in [0.15, 0.2) is 22.7 Å². The van der Waals surface area contributed by atoms with Crippen molar-refractivity contribution in [2.45, 2.75) is 12.7 Å². The average molecular weight is 366 g/mol. The largest absolute Gasteiger partial charge is 0.411 e. The van der Waals surface area contributed by atoms with E-state index in [0.717, 1.165) is 4.47 Å². The molecule has 2 aromatic rings. The summed E-state index contributed by atoms with van der Waals surface area (Å²) in [5, 5.41) is 11.1. The standard InChI is InChI=1S/C11H11BrF3N5O/c12-8-2-1-7(5-9(8)16)10-17-18-19-20(10)3-4-21-6-11(13,14)15/h1-2,5H,3-4,6,16H2. The molecule has 0 aliphatic carbocycles. The van der Waals surface area contributed by atoms with Crippen LogP contribution in [0.2, 0.25) is 0 Å². The van der Waals surface area contributed by atoms with Gasteiger partial charge >= 0.3 is 6.18 Å². The lowest BCUT2D eigenvalue weighted by Crippen LogP contribution is -2.19. The van der Waals surface area contributed by atoms with Gasteiger partial charge in [-0.2, -0.15) is 13.2 Å². The van der Waals surface area contributed by atoms with Crippen LogP contribution in [-0.4, -0.2) is 39.6 Å². The first-order chi connectivity index (χ1) is 9.87. The van der Waals surface area contributed by atoms with E-state index in [4.69, 9.17) is 5.73 Å². The molecule has 0 saturated carbocycles. The fraction of sp³-hybridized carbons (Fsp3) is 0.364. The van der Waals surface area contributed by atoms with E-state index in [1.807, 2.05) is 0 Å². The van der Waals surface area contributed by atoms with Crippen LogP contribution in [0.5, 0.6) is 0 Å². The number of benzene rings is 1. The highest BCUT2D eigenvalue weighted by Gasteiger charge is 2.27. The summed E-state index contributed by atoms with van der Waals surface area (Å²) in [6.07, 6.45) is -4.34. The first-order valence-corrected chi connectivity index (χ1v) is 6.62. The Hall–Kier alpha value is -1.68. The predicted molar refractivity (Wildman–Crippen MR) is 72.2 cm³/mol. The number of halogens is 4. The summed E-state index contributed by atoms with van der Waals surface area (Å²) >= 11 is 3.27. The lowest BCUT2D eigenvalue weighted by molar-refractivity contribution is -0.174. The number of aromatic nitrogens is 4. The summed E-state index contributed by atoms with van der Waals surface area (Å²) in [6.45, 7) is -1.34. The van der Waals surface area contributed by atoms with Crippen molar-refractivity contribution in [3.05, 3.63) is 22.7 Å². The molecule has 0 bridgehead atoms. The quantitative estimate of drug-likeness (QED) is 0.649. The number of hydrogen-bond acceptors (Lipinski definition) is 5. The van der Waals surface area contributed by atoms with Crippen LogP contribution in [0, 0.1) is 0 Å². The monoisotopic (exact) mass is 365 g/mol. The van der Waals surface area contributed by atoms with Crippen LogP contribution in [0.25, 0.3) is 11.4 Å². The summed E-state index contributed by atoms with van der Waals surface area (Å²) in [4.78, 5) is 0. The summed E-state index contributed by atoms with van der Waals surface area (Å²) in [5.74, 6) is 0.407. The van der Waals surface area contributed by atoms with Gasteiger partial charge in [0.25, 0.3) is 0 Å². The van der Waals surface area contributed by atoms with E-state index in [9.17, 15) is 13.2 Å². The summed E-state index contributed by atoms with van der Waals surface area (Å²) in [5.41, 5.74) is 6.94. The SMILES string of the molecule is Nc1cc(-c2nnnn2CCOCC(F)(F)F)ccc1Br. The van der Waals surface area contributed by atoms with Gasteiger partial charge in [-0.1, -0.05) is 0 Å². The van der Waals surface area contributed by atoms with Gasteiger partial charge in [0, 0.05) is 15.7 Å². The van der Waals surface area contributed by atoms with Crippen molar-refractivity contribution in [2.75, 3.05) is 18.9 Å². The molecule has 21 heavy (non-hydrogen) atoms. The van der Waals surface area contributed by atoms with Crippen molar-refractivity contribution in [3.8, 4) is 11.4 Å². The van der Waals surface area contributed by atoms with Crippen molar-refractivity contribution in [1.29, 1.82) is 0 Å². The summed E-state index contributed by atoms with van der Waals surface area (Å²) in [6, 6.07) is 5.16. The van der Waals surface area contributed by atoms with Gasteiger partial charge in [0.1, 0.15) is 6.61 Å². The van der Waals surface area contributed by atoms with Gasteiger partial charge in [-0.05, 0) is 44.6 Å². The van der Waals surface area contributed by atoms with E-state index in [-0.39, 0.29) is 13.2 Å². The number of nitrogens with two attached hydrogens (primary N) is 1. The highest BCUT2D eigenvalue weighted by Crippen LogP contribution is 2.25. The zero-order chi connectivity index (χ0) is 15.5. The minimum atomic E-state index is -4.34. The third-order valence-corrected chi connectivity index (χ3v) is 3.22. The van der Waals surface area contributed by atoms with Gasteiger partial charge in [0.05, 0.1) is 13.2 Å². The van der Waals surface area contributed by atoms with Crippen LogP contribution < -0.4 is 5.73 Å². The van der Waals surface area contributed by atoms with Crippen molar-refractivity contribution in [3.63, 3.8) is 0 Å². The Morgan fingerprint density at radius 2 is 2.10 bits per heavy atom. The molecule has 0 aliphatic rings. The van der Waals surface area contributed by atoms with Crippen LogP contribution in [0.4, 0.5) is 18.9 Å². The molecule has 0 spiro atoms. The zero-order valence-corrected chi connectivity index (χ0v) is 12.2. The molecule has 0 amide bonds. The van der Waals surface area contributed by atoms with E-state index in [0.29, 0.717) is 17.1 Å². The molecule has 2 N–H and O–H groups in total. The number of tetrazole rings is 1. The number of nitrogen functional groups attached to an aromatic ring is 1. The average Bonchev–Trinajstić information content (AvgIpc) is 2.85. The lowest BCUT2D eigenvalue weighted by Gasteiger charge is -2.08. The van der Waals surface area contributed by atoms with Gasteiger partial charge in [-0.3, -0.25) is 0 Å². The molecule has 1 aromatic carbocycles.